The first-order chi connectivity index (χ1) is 12.2. The summed E-state index contributed by atoms with van der Waals surface area (Å²) >= 11 is 1.67. The number of thiophene rings is 1. The highest BCUT2D eigenvalue weighted by Crippen LogP contribution is 2.34. The highest BCUT2D eigenvalue weighted by atomic mass is 32.1. The van der Waals surface area contributed by atoms with Gasteiger partial charge in [0.15, 0.2) is 0 Å². The average Bonchev–Trinajstić information content (AvgIpc) is 3.17. The van der Waals surface area contributed by atoms with Crippen LogP contribution in [-0.2, 0) is 0 Å². The van der Waals surface area contributed by atoms with Crippen molar-refractivity contribution in [1.82, 2.24) is 5.32 Å². The number of benzene rings is 2. The van der Waals surface area contributed by atoms with Crippen molar-refractivity contribution in [3.8, 4) is 5.75 Å². The fourth-order valence-corrected chi connectivity index (χ4v) is 3.89. The van der Waals surface area contributed by atoms with Crippen molar-refractivity contribution in [3.63, 3.8) is 0 Å². The van der Waals surface area contributed by atoms with Crippen LogP contribution in [0.3, 0.4) is 0 Å². The summed E-state index contributed by atoms with van der Waals surface area (Å²) in [4.78, 5) is 4.96. The van der Waals surface area contributed by atoms with E-state index < -0.39 is 0 Å². The molecular formula is C21H20N2OS. The van der Waals surface area contributed by atoms with Gasteiger partial charge in [-0.3, -0.25) is 10.3 Å². The zero-order valence-electron chi connectivity index (χ0n) is 14.0. The molecule has 0 radical (unpaired) electrons. The summed E-state index contributed by atoms with van der Waals surface area (Å²) in [5.41, 5.74) is 5.54. The quantitative estimate of drug-likeness (QED) is 0.701. The van der Waals surface area contributed by atoms with E-state index in [0.29, 0.717) is 5.75 Å². The summed E-state index contributed by atoms with van der Waals surface area (Å²) in [5, 5.41) is 18.1. The predicted octanol–water partition coefficient (Wildman–Crippen LogP) is 4.98. The second-order valence-corrected chi connectivity index (χ2v) is 7.16. The third-order valence-corrected chi connectivity index (χ3v) is 5.30. The van der Waals surface area contributed by atoms with E-state index in [4.69, 9.17) is 4.99 Å². The molecule has 126 valence electrons. The molecule has 0 spiro atoms. The number of phenolic OH excluding ortho intramolecular Hbond substituents is 1. The highest BCUT2D eigenvalue weighted by molar-refractivity contribution is 7.07. The SMILES string of the molecule is Cc1ccc(C2=N[C@@H](c3ccsc3)N[C@@H](c3ccccc3O)C2)cc1. The number of aryl methyl sites for hydroxylation is 1. The number of hydrogen-bond acceptors (Lipinski definition) is 4. The lowest BCUT2D eigenvalue weighted by molar-refractivity contribution is 0.413. The van der Waals surface area contributed by atoms with E-state index in [0.717, 1.165) is 28.8 Å². The lowest BCUT2D eigenvalue weighted by atomic mass is 9.93. The highest BCUT2D eigenvalue weighted by Gasteiger charge is 2.27. The molecule has 3 nitrogen and oxygen atoms in total. The van der Waals surface area contributed by atoms with Crippen LogP contribution in [0.1, 0.15) is 40.9 Å². The Balaban J connectivity index is 1.74. The zero-order valence-corrected chi connectivity index (χ0v) is 14.8. The second-order valence-electron chi connectivity index (χ2n) is 6.38. The first-order valence-electron chi connectivity index (χ1n) is 8.40. The van der Waals surface area contributed by atoms with E-state index >= 15 is 0 Å². The third-order valence-electron chi connectivity index (χ3n) is 4.60. The van der Waals surface area contributed by atoms with E-state index in [1.165, 1.54) is 5.56 Å². The van der Waals surface area contributed by atoms with Crippen LogP contribution in [0.4, 0.5) is 0 Å². The Morgan fingerprint density at radius 2 is 1.88 bits per heavy atom. The zero-order chi connectivity index (χ0) is 17.2. The summed E-state index contributed by atoms with van der Waals surface area (Å²) in [6.45, 7) is 2.09. The number of aromatic hydroxyl groups is 1. The molecule has 1 aromatic heterocycles. The molecule has 2 atom stereocenters. The molecule has 1 aliphatic rings. The Hall–Kier alpha value is -2.43. The minimum atomic E-state index is -0.0964. The van der Waals surface area contributed by atoms with Gasteiger partial charge >= 0.3 is 0 Å². The lowest BCUT2D eigenvalue weighted by Crippen LogP contribution is -2.32. The summed E-state index contributed by atoms with van der Waals surface area (Å²) in [7, 11) is 0. The molecule has 0 saturated carbocycles. The van der Waals surface area contributed by atoms with Gasteiger partial charge in [-0.2, -0.15) is 11.3 Å². The minimum Gasteiger partial charge on any atom is -0.508 e. The molecule has 0 amide bonds. The number of rotatable bonds is 3. The Bertz CT molecular complexity index is 885. The Morgan fingerprint density at radius 1 is 1.08 bits per heavy atom. The van der Waals surface area contributed by atoms with Crippen LogP contribution in [0.2, 0.25) is 0 Å². The molecule has 2 heterocycles. The minimum absolute atomic E-state index is 0.0277. The summed E-state index contributed by atoms with van der Waals surface area (Å²) in [5.74, 6) is 0.328. The normalized spacial score (nSPS) is 20.3. The number of aliphatic imine (C=N–C) groups is 1. The van der Waals surface area contributed by atoms with E-state index in [-0.39, 0.29) is 12.2 Å². The van der Waals surface area contributed by atoms with Crippen LogP contribution in [0.5, 0.6) is 5.75 Å². The topological polar surface area (TPSA) is 44.6 Å². The maximum Gasteiger partial charge on any atom is 0.127 e. The fourth-order valence-electron chi connectivity index (χ4n) is 3.21. The van der Waals surface area contributed by atoms with Gasteiger partial charge in [-0.1, -0.05) is 48.0 Å². The lowest BCUT2D eigenvalue weighted by Gasteiger charge is -2.30. The van der Waals surface area contributed by atoms with Crippen molar-refractivity contribution in [2.45, 2.75) is 25.6 Å². The molecule has 2 N–H and O–H groups in total. The Kier molecular flexibility index (Phi) is 4.38. The molecule has 25 heavy (non-hydrogen) atoms. The van der Waals surface area contributed by atoms with Crippen molar-refractivity contribution >= 4 is 17.0 Å². The van der Waals surface area contributed by atoms with Crippen molar-refractivity contribution in [2.24, 2.45) is 4.99 Å². The monoisotopic (exact) mass is 348 g/mol. The number of phenols is 1. The number of nitrogens with zero attached hydrogens (tertiary/aromatic N) is 1. The van der Waals surface area contributed by atoms with Gasteiger partial charge in [0.1, 0.15) is 11.9 Å². The average molecular weight is 348 g/mol. The molecule has 0 saturated heterocycles. The van der Waals surface area contributed by atoms with Crippen LogP contribution >= 0.6 is 11.3 Å². The summed E-state index contributed by atoms with van der Waals surface area (Å²) in [6.07, 6.45) is 0.655. The van der Waals surface area contributed by atoms with Gasteiger partial charge in [0.05, 0.1) is 0 Å². The first-order valence-corrected chi connectivity index (χ1v) is 9.35. The van der Waals surface area contributed by atoms with E-state index in [1.807, 2.05) is 18.2 Å². The van der Waals surface area contributed by atoms with E-state index in [2.05, 4.69) is 53.3 Å². The molecule has 3 aromatic rings. The Morgan fingerprint density at radius 3 is 2.60 bits per heavy atom. The third kappa shape index (κ3) is 3.36. The van der Waals surface area contributed by atoms with E-state index in [9.17, 15) is 5.11 Å². The second kappa shape index (κ2) is 6.82. The molecule has 2 aromatic carbocycles. The van der Waals surface area contributed by atoms with Crippen LogP contribution in [0, 0.1) is 6.92 Å². The number of hydrogen-bond donors (Lipinski definition) is 2. The molecule has 0 bridgehead atoms. The van der Waals surface area contributed by atoms with Gasteiger partial charge in [-0.05, 0) is 35.4 Å². The number of nitrogens with one attached hydrogen (secondary N) is 1. The fraction of sp³-hybridized carbons (Fsp3) is 0.190. The maximum absolute atomic E-state index is 10.3. The molecule has 0 fully saturated rings. The van der Waals surface area contributed by atoms with Gasteiger partial charge in [0.2, 0.25) is 0 Å². The van der Waals surface area contributed by atoms with Gasteiger partial charge in [-0.15, -0.1) is 0 Å². The van der Waals surface area contributed by atoms with Crippen LogP contribution in [-0.4, -0.2) is 10.8 Å². The van der Waals surface area contributed by atoms with Gasteiger partial charge < -0.3 is 5.11 Å². The van der Waals surface area contributed by atoms with Crippen LogP contribution in [0.25, 0.3) is 0 Å². The number of para-hydroxylation sites is 1. The van der Waals surface area contributed by atoms with Crippen molar-refractivity contribution in [2.75, 3.05) is 0 Å². The summed E-state index contributed by atoms with van der Waals surface area (Å²) < 4.78 is 0. The summed E-state index contributed by atoms with van der Waals surface area (Å²) in [6, 6.07) is 18.2. The van der Waals surface area contributed by atoms with Crippen molar-refractivity contribution in [1.29, 1.82) is 0 Å². The Labute approximate surface area is 151 Å². The van der Waals surface area contributed by atoms with Crippen LogP contribution in [0.15, 0.2) is 70.3 Å². The van der Waals surface area contributed by atoms with Gasteiger partial charge in [0, 0.05) is 29.3 Å². The predicted molar refractivity (Wildman–Crippen MR) is 103 cm³/mol. The maximum atomic E-state index is 10.3. The van der Waals surface area contributed by atoms with E-state index in [1.54, 1.807) is 17.4 Å². The standard InChI is InChI=1S/C21H20N2OS/c1-14-6-8-15(9-7-14)18-12-19(17-4-2-3-5-20(17)24)23-21(22-18)16-10-11-25-13-16/h2-11,13,19,21,23-24H,12H2,1H3/t19-,21-/m1/s1. The van der Waals surface area contributed by atoms with Crippen molar-refractivity contribution in [3.05, 3.63) is 87.6 Å². The first kappa shape index (κ1) is 16.1. The molecule has 0 aliphatic carbocycles. The smallest absolute Gasteiger partial charge is 0.127 e. The van der Waals surface area contributed by atoms with Crippen LogP contribution < -0.4 is 5.32 Å². The van der Waals surface area contributed by atoms with Gasteiger partial charge in [0.25, 0.3) is 0 Å². The largest absolute Gasteiger partial charge is 0.508 e. The van der Waals surface area contributed by atoms with Gasteiger partial charge in [-0.25, -0.2) is 0 Å². The molecular weight excluding hydrogens is 328 g/mol. The molecule has 0 unspecified atom stereocenters. The molecule has 1 aliphatic heterocycles. The molecule has 4 rings (SSSR count). The van der Waals surface area contributed by atoms with Crippen molar-refractivity contribution < 1.29 is 5.11 Å². The molecule has 4 heteroatoms.